The summed E-state index contributed by atoms with van der Waals surface area (Å²) < 4.78 is 0. The molecule has 106 valence electrons. The first-order valence-electron chi connectivity index (χ1n) is 6.55. The molecule has 1 unspecified atom stereocenters. The van der Waals surface area contributed by atoms with Crippen LogP contribution in [0.1, 0.15) is 34.6 Å². The summed E-state index contributed by atoms with van der Waals surface area (Å²) in [5, 5.41) is 14.5. The minimum Gasteiger partial charge on any atom is -0.363 e. The summed E-state index contributed by atoms with van der Waals surface area (Å²) in [5.41, 5.74) is 1.29. The van der Waals surface area contributed by atoms with E-state index in [1.54, 1.807) is 7.05 Å². The van der Waals surface area contributed by atoms with Gasteiger partial charge in [-0.3, -0.25) is 4.79 Å². The molecule has 1 aromatic carbocycles. The average molecular weight is 290 g/mol. The molecule has 6 heteroatoms. The maximum atomic E-state index is 11.9. The van der Waals surface area contributed by atoms with E-state index in [-0.39, 0.29) is 5.91 Å². The zero-order valence-electron chi connectivity index (χ0n) is 11.6. The molecule has 1 heterocycles. The van der Waals surface area contributed by atoms with Gasteiger partial charge in [-0.25, -0.2) is 0 Å². The molecule has 2 N–H and O–H groups in total. The summed E-state index contributed by atoms with van der Waals surface area (Å²) >= 11 is 1.25. The van der Waals surface area contributed by atoms with Gasteiger partial charge in [0.05, 0.1) is 0 Å². The van der Waals surface area contributed by atoms with E-state index < -0.39 is 0 Å². The van der Waals surface area contributed by atoms with Gasteiger partial charge >= 0.3 is 0 Å². The predicted molar refractivity (Wildman–Crippen MR) is 81.3 cm³/mol. The van der Waals surface area contributed by atoms with Crippen LogP contribution in [-0.2, 0) is 0 Å². The van der Waals surface area contributed by atoms with Crippen LogP contribution in [0.2, 0.25) is 0 Å². The van der Waals surface area contributed by atoms with Crippen molar-refractivity contribution < 1.29 is 4.79 Å². The lowest BCUT2D eigenvalue weighted by Gasteiger charge is -2.11. The van der Waals surface area contributed by atoms with Gasteiger partial charge in [0.25, 0.3) is 5.91 Å². The van der Waals surface area contributed by atoms with Crippen LogP contribution in [0.4, 0.5) is 5.13 Å². The number of aromatic nitrogens is 2. The maximum absolute atomic E-state index is 11.9. The van der Waals surface area contributed by atoms with E-state index in [2.05, 4.69) is 39.9 Å². The Hall–Kier alpha value is -1.95. The fourth-order valence-corrected chi connectivity index (χ4v) is 2.46. The van der Waals surface area contributed by atoms with Gasteiger partial charge in [-0.1, -0.05) is 48.6 Å². The molecule has 2 rings (SSSR count). The van der Waals surface area contributed by atoms with Crippen LogP contribution in [0.25, 0.3) is 0 Å². The fraction of sp³-hybridized carbons (Fsp3) is 0.357. The highest BCUT2D eigenvalue weighted by Gasteiger charge is 2.12. The van der Waals surface area contributed by atoms with E-state index in [4.69, 9.17) is 0 Å². The van der Waals surface area contributed by atoms with Crippen LogP contribution in [0.15, 0.2) is 30.3 Å². The number of carbonyl (C=O) groups is 1. The fourth-order valence-electron chi connectivity index (χ4n) is 1.84. The summed E-state index contributed by atoms with van der Waals surface area (Å²) in [6.07, 6.45) is 0.896. The molecule has 0 aliphatic carbocycles. The average Bonchev–Trinajstić information content (AvgIpc) is 2.97. The predicted octanol–water partition coefficient (Wildman–Crippen LogP) is 2.50. The van der Waals surface area contributed by atoms with E-state index in [0.717, 1.165) is 6.42 Å². The first-order chi connectivity index (χ1) is 9.70. The Balaban J connectivity index is 1.79. The third-order valence-corrected chi connectivity index (χ3v) is 4.00. The van der Waals surface area contributed by atoms with E-state index in [1.807, 2.05) is 18.2 Å². The lowest BCUT2D eigenvalue weighted by Crippen LogP contribution is -2.25. The smallest absolute Gasteiger partial charge is 0.282 e. The van der Waals surface area contributed by atoms with E-state index in [1.165, 1.54) is 16.9 Å². The maximum Gasteiger partial charge on any atom is 0.282 e. The molecule has 0 bridgehead atoms. The Morgan fingerprint density at radius 2 is 2.05 bits per heavy atom. The molecule has 5 nitrogen and oxygen atoms in total. The zero-order valence-corrected chi connectivity index (χ0v) is 12.4. The first-order valence-corrected chi connectivity index (χ1v) is 7.36. The molecule has 0 spiro atoms. The molecular formula is C14H18N4OS. The van der Waals surface area contributed by atoms with Gasteiger partial charge in [0, 0.05) is 13.6 Å². The summed E-state index contributed by atoms with van der Waals surface area (Å²) in [7, 11) is 1.75. The number of carbonyl (C=O) groups excluding carboxylic acids is 1. The van der Waals surface area contributed by atoms with Crippen molar-refractivity contribution in [3.63, 3.8) is 0 Å². The first kappa shape index (κ1) is 14.5. The third kappa shape index (κ3) is 3.77. The van der Waals surface area contributed by atoms with Crippen LogP contribution >= 0.6 is 11.3 Å². The summed E-state index contributed by atoms with van der Waals surface area (Å²) in [6, 6.07) is 10.3. The number of anilines is 1. The number of benzene rings is 1. The summed E-state index contributed by atoms with van der Waals surface area (Å²) in [5.74, 6) is 0.253. The van der Waals surface area contributed by atoms with Gasteiger partial charge in [-0.2, -0.15) is 0 Å². The second-order valence-corrected chi connectivity index (χ2v) is 5.50. The Labute approximate surface area is 122 Å². The number of rotatable bonds is 6. The van der Waals surface area contributed by atoms with Gasteiger partial charge in [-0.05, 0) is 17.9 Å². The zero-order chi connectivity index (χ0) is 14.4. The molecular weight excluding hydrogens is 272 g/mol. The highest BCUT2D eigenvalue weighted by molar-refractivity contribution is 7.17. The monoisotopic (exact) mass is 290 g/mol. The molecule has 0 saturated carbocycles. The van der Waals surface area contributed by atoms with Crippen molar-refractivity contribution in [3.8, 4) is 0 Å². The van der Waals surface area contributed by atoms with Crippen molar-refractivity contribution >= 4 is 22.4 Å². The van der Waals surface area contributed by atoms with Crippen LogP contribution < -0.4 is 10.6 Å². The van der Waals surface area contributed by atoms with Gasteiger partial charge in [-0.15, -0.1) is 10.2 Å². The minimum atomic E-state index is -0.163. The van der Waals surface area contributed by atoms with Crippen LogP contribution in [0.3, 0.4) is 0 Å². The van der Waals surface area contributed by atoms with E-state index in [9.17, 15) is 4.79 Å². The van der Waals surface area contributed by atoms with Gasteiger partial charge in [0.15, 0.2) is 0 Å². The quantitative estimate of drug-likeness (QED) is 0.858. The number of nitrogens with one attached hydrogen (secondary N) is 2. The standard InChI is InChI=1S/C14H18N4OS/c1-10(11-6-4-3-5-7-11)8-9-16-12(19)13-17-18-14(15-2)20-13/h3-7,10H,8-9H2,1-2H3,(H,15,18)(H,16,19). The van der Waals surface area contributed by atoms with Crippen LogP contribution in [0.5, 0.6) is 0 Å². The Bertz CT molecular complexity index is 555. The van der Waals surface area contributed by atoms with Crippen molar-refractivity contribution in [2.24, 2.45) is 0 Å². The van der Waals surface area contributed by atoms with E-state index >= 15 is 0 Å². The number of nitrogens with zero attached hydrogens (tertiary/aromatic N) is 2. The van der Waals surface area contributed by atoms with Gasteiger partial charge < -0.3 is 10.6 Å². The highest BCUT2D eigenvalue weighted by Crippen LogP contribution is 2.18. The van der Waals surface area contributed by atoms with Crippen molar-refractivity contribution in [1.29, 1.82) is 0 Å². The molecule has 0 fully saturated rings. The highest BCUT2D eigenvalue weighted by atomic mass is 32.1. The Kier molecular flexibility index (Phi) is 5.06. The molecule has 20 heavy (non-hydrogen) atoms. The topological polar surface area (TPSA) is 66.9 Å². The van der Waals surface area contributed by atoms with Crippen molar-refractivity contribution in [3.05, 3.63) is 40.9 Å². The normalized spacial score (nSPS) is 11.9. The number of amides is 1. The minimum absolute atomic E-state index is 0.163. The summed E-state index contributed by atoms with van der Waals surface area (Å²) in [6.45, 7) is 2.79. The Morgan fingerprint density at radius 1 is 1.30 bits per heavy atom. The van der Waals surface area contributed by atoms with E-state index in [0.29, 0.717) is 22.6 Å². The molecule has 2 aromatic rings. The molecule has 0 radical (unpaired) electrons. The SMILES string of the molecule is CNc1nnc(C(=O)NCCC(C)c2ccccc2)s1. The second kappa shape index (κ2) is 7.00. The molecule has 0 aliphatic rings. The molecule has 0 saturated heterocycles. The van der Waals surface area contributed by atoms with Gasteiger partial charge in [0.2, 0.25) is 10.1 Å². The van der Waals surface area contributed by atoms with Crippen molar-refractivity contribution in [2.45, 2.75) is 19.3 Å². The molecule has 1 aromatic heterocycles. The lowest BCUT2D eigenvalue weighted by atomic mass is 9.98. The van der Waals surface area contributed by atoms with Crippen molar-refractivity contribution in [2.75, 3.05) is 18.9 Å². The van der Waals surface area contributed by atoms with Crippen molar-refractivity contribution in [1.82, 2.24) is 15.5 Å². The molecule has 1 atom stereocenters. The Morgan fingerprint density at radius 3 is 2.70 bits per heavy atom. The number of hydrogen-bond donors (Lipinski definition) is 2. The summed E-state index contributed by atoms with van der Waals surface area (Å²) in [4.78, 5) is 11.9. The van der Waals surface area contributed by atoms with Gasteiger partial charge in [0.1, 0.15) is 0 Å². The second-order valence-electron chi connectivity index (χ2n) is 4.52. The van der Waals surface area contributed by atoms with Crippen LogP contribution in [-0.4, -0.2) is 29.7 Å². The lowest BCUT2D eigenvalue weighted by molar-refractivity contribution is 0.0951. The third-order valence-electron chi connectivity index (χ3n) is 3.06. The molecule has 1 amide bonds. The van der Waals surface area contributed by atoms with Crippen LogP contribution in [0, 0.1) is 0 Å². The largest absolute Gasteiger partial charge is 0.363 e. The molecule has 0 aliphatic heterocycles. The number of hydrogen-bond acceptors (Lipinski definition) is 5.